The van der Waals surface area contributed by atoms with Crippen LogP contribution in [0.4, 0.5) is 0 Å². The van der Waals surface area contributed by atoms with E-state index in [1.807, 2.05) is 29.2 Å². The molecule has 3 aromatic rings. The van der Waals surface area contributed by atoms with Gasteiger partial charge in [-0.1, -0.05) is 37.6 Å². The fourth-order valence-electron chi connectivity index (χ4n) is 2.90. The van der Waals surface area contributed by atoms with Crippen molar-refractivity contribution in [2.75, 3.05) is 13.1 Å². The highest BCUT2D eigenvalue weighted by Gasteiger charge is 2.23. The van der Waals surface area contributed by atoms with Gasteiger partial charge in [-0.05, 0) is 37.1 Å². The van der Waals surface area contributed by atoms with Gasteiger partial charge in [-0.3, -0.25) is 4.79 Å². The first-order chi connectivity index (χ1) is 12.7. The molecule has 0 saturated carbocycles. The molecule has 2 aromatic heterocycles. The summed E-state index contributed by atoms with van der Waals surface area (Å²) in [5.41, 5.74) is 1.75. The van der Waals surface area contributed by atoms with E-state index in [0.717, 1.165) is 12.8 Å². The second kappa shape index (κ2) is 8.23. The minimum Gasteiger partial charge on any atom is -0.463 e. The molecule has 0 aliphatic rings. The zero-order valence-corrected chi connectivity index (χ0v) is 15.7. The van der Waals surface area contributed by atoms with Gasteiger partial charge < -0.3 is 9.32 Å². The van der Waals surface area contributed by atoms with Gasteiger partial charge in [0.25, 0.3) is 5.91 Å². The van der Waals surface area contributed by atoms with Crippen LogP contribution in [0.2, 0.25) is 5.02 Å². The molecule has 136 valence electrons. The molecule has 0 aliphatic carbocycles. The van der Waals surface area contributed by atoms with Crippen molar-refractivity contribution < 1.29 is 9.21 Å². The highest BCUT2D eigenvalue weighted by Crippen LogP contribution is 2.26. The molecule has 0 unspecified atom stereocenters. The molecule has 3 rings (SSSR count). The number of carbonyl (C=O) groups is 1. The van der Waals surface area contributed by atoms with Gasteiger partial charge >= 0.3 is 0 Å². The van der Waals surface area contributed by atoms with Gasteiger partial charge in [0, 0.05) is 19.2 Å². The maximum absolute atomic E-state index is 13.2. The number of nitrogens with zero attached hydrogens (tertiary/aromatic N) is 3. The van der Waals surface area contributed by atoms with E-state index >= 15 is 0 Å². The number of rotatable bonds is 7. The quantitative estimate of drug-likeness (QED) is 0.584. The SMILES string of the molecule is CCCN(CCC)C(=O)c1cc(-c2ccco2)nn1-c1ccccc1Cl. The maximum Gasteiger partial charge on any atom is 0.272 e. The van der Waals surface area contributed by atoms with Crippen LogP contribution < -0.4 is 0 Å². The summed E-state index contributed by atoms with van der Waals surface area (Å²) in [6, 6.07) is 12.7. The van der Waals surface area contributed by atoms with Crippen molar-refractivity contribution in [1.82, 2.24) is 14.7 Å². The Bertz CT molecular complexity index is 865. The Balaban J connectivity index is 2.10. The van der Waals surface area contributed by atoms with Crippen molar-refractivity contribution in [3.05, 3.63) is 59.4 Å². The van der Waals surface area contributed by atoms with E-state index < -0.39 is 0 Å². The number of hydrogen-bond donors (Lipinski definition) is 0. The number of carbonyl (C=O) groups excluding carboxylic acids is 1. The first-order valence-electron chi connectivity index (χ1n) is 8.83. The van der Waals surface area contributed by atoms with Gasteiger partial charge in [0.1, 0.15) is 11.4 Å². The van der Waals surface area contributed by atoms with Crippen molar-refractivity contribution in [2.45, 2.75) is 26.7 Å². The highest BCUT2D eigenvalue weighted by molar-refractivity contribution is 6.32. The summed E-state index contributed by atoms with van der Waals surface area (Å²) in [4.78, 5) is 15.1. The van der Waals surface area contributed by atoms with Crippen LogP contribution in [0.15, 0.2) is 53.1 Å². The van der Waals surface area contributed by atoms with Crippen LogP contribution in [-0.4, -0.2) is 33.7 Å². The number of furan rings is 1. The number of amides is 1. The van der Waals surface area contributed by atoms with E-state index in [4.69, 9.17) is 16.0 Å². The highest BCUT2D eigenvalue weighted by atomic mass is 35.5. The summed E-state index contributed by atoms with van der Waals surface area (Å²) in [6.45, 7) is 5.54. The van der Waals surface area contributed by atoms with Gasteiger partial charge in [0.05, 0.1) is 17.0 Å². The molecule has 0 bridgehead atoms. The van der Waals surface area contributed by atoms with Crippen molar-refractivity contribution >= 4 is 17.5 Å². The lowest BCUT2D eigenvalue weighted by Crippen LogP contribution is -2.33. The number of benzene rings is 1. The number of aromatic nitrogens is 2. The molecule has 1 amide bonds. The Hall–Kier alpha value is -2.53. The summed E-state index contributed by atoms with van der Waals surface area (Å²) < 4.78 is 7.07. The standard InChI is InChI=1S/C20H22ClN3O2/c1-3-11-23(12-4-2)20(25)18-14-16(19-10-7-13-26-19)22-24(18)17-9-6-5-8-15(17)21/h5-10,13-14H,3-4,11-12H2,1-2H3. The van der Waals surface area contributed by atoms with Crippen molar-refractivity contribution in [3.63, 3.8) is 0 Å². The predicted octanol–water partition coefficient (Wildman–Crippen LogP) is 5.05. The van der Waals surface area contributed by atoms with E-state index in [0.29, 0.717) is 40.9 Å². The Morgan fingerprint density at radius 2 is 1.88 bits per heavy atom. The molecule has 0 fully saturated rings. The number of para-hydroxylation sites is 1. The molecule has 1 aromatic carbocycles. The van der Waals surface area contributed by atoms with E-state index in [2.05, 4.69) is 18.9 Å². The van der Waals surface area contributed by atoms with Crippen LogP contribution in [0.1, 0.15) is 37.2 Å². The third-order valence-corrected chi connectivity index (χ3v) is 4.38. The number of hydrogen-bond acceptors (Lipinski definition) is 3. The molecule has 0 N–H and O–H groups in total. The van der Waals surface area contributed by atoms with Crippen molar-refractivity contribution in [2.24, 2.45) is 0 Å². The zero-order valence-electron chi connectivity index (χ0n) is 15.0. The minimum absolute atomic E-state index is 0.0566. The van der Waals surface area contributed by atoms with E-state index in [-0.39, 0.29) is 5.91 Å². The molecule has 0 radical (unpaired) electrons. The van der Waals surface area contributed by atoms with Crippen LogP contribution in [0.25, 0.3) is 17.1 Å². The maximum atomic E-state index is 13.2. The van der Waals surface area contributed by atoms with Crippen LogP contribution in [-0.2, 0) is 0 Å². The summed E-state index contributed by atoms with van der Waals surface area (Å²) in [6.07, 6.45) is 3.39. The first kappa shape index (κ1) is 18.3. The lowest BCUT2D eigenvalue weighted by Gasteiger charge is -2.21. The third kappa shape index (κ3) is 3.68. The fraction of sp³-hybridized carbons (Fsp3) is 0.300. The van der Waals surface area contributed by atoms with Crippen molar-refractivity contribution in [1.29, 1.82) is 0 Å². The van der Waals surface area contributed by atoms with Crippen LogP contribution in [0, 0.1) is 0 Å². The van der Waals surface area contributed by atoms with Crippen molar-refractivity contribution in [3.8, 4) is 17.1 Å². The summed E-state index contributed by atoms with van der Waals surface area (Å²) >= 11 is 6.36. The molecular formula is C20H22ClN3O2. The van der Waals surface area contributed by atoms with Crippen LogP contribution in [0.5, 0.6) is 0 Å². The van der Waals surface area contributed by atoms with Crippen LogP contribution >= 0.6 is 11.6 Å². The monoisotopic (exact) mass is 371 g/mol. The largest absolute Gasteiger partial charge is 0.463 e. The minimum atomic E-state index is -0.0566. The molecule has 0 spiro atoms. The van der Waals surface area contributed by atoms with Gasteiger partial charge in [-0.2, -0.15) is 5.10 Å². The Kier molecular flexibility index (Phi) is 5.78. The topological polar surface area (TPSA) is 51.3 Å². The molecule has 2 heterocycles. The summed E-state index contributed by atoms with van der Waals surface area (Å²) in [7, 11) is 0. The molecule has 0 saturated heterocycles. The second-order valence-electron chi connectivity index (χ2n) is 6.05. The van der Waals surface area contributed by atoms with Gasteiger partial charge in [-0.15, -0.1) is 0 Å². The van der Waals surface area contributed by atoms with E-state index in [1.165, 1.54) is 0 Å². The molecule has 26 heavy (non-hydrogen) atoms. The molecule has 6 heteroatoms. The second-order valence-corrected chi connectivity index (χ2v) is 6.45. The Labute approximate surface area is 158 Å². The Morgan fingerprint density at radius 3 is 2.50 bits per heavy atom. The van der Waals surface area contributed by atoms with Crippen LogP contribution in [0.3, 0.4) is 0 Å². The first-order valence-corrected chi connectivity index (χ1v) is 9.21. The lowest BCUT2D eigenvalue weighted by atomic mass is 10.2. The summed E-state index contributed by atoms with van der Waals surface area (Å²) in [5.74, 6) is 0.557. The third-order valence-electron chi connectivity index (χ3n) is 4.06. The average Bonchev–Trinajstić information content (AvgIpc) is 3.31. The summed E-state index contributed by atoms with van der Waals surface area (Å²) in [5, 5.41) is 5.13. The smallest absolute Gasteiger partial charge is 0.272 e. The van der Waals surface area contributed by atoms with Gasteiger partial charge in [-0.25, -0.2) is 4.68 Å². The van der Waals surface area contributed by atoms with E-state index in [9.17, 15) is 4.79 Å². The molecular weight excluding hydrogens is 350 g/mol. The molecule has 0 aliphatic heterocycles. The normalized spacial score (nSPS) is 10.9. The lowest BCUT2D eigenvalue weighted by molar-refractivity contribution is 0.0746. The van der Waals surface area contributed by atoms with Gasteiger partial charge in [0.2, 0.25) is 0 Å². The fourth-order valence-corrected chi connectivity index (χ4v) is 3.12. The van der Waals surface area contributed by atoms with E-state index in [1.54, 1.807) is 29.1 Å². The predicted molar refractivity (Wildman–Crippen MR) is 103 cm³/mol. The average molecular weight is 372 g/mol. The van der Waals surface area contributed by atoms with Gasteiger partial charge in [0.15, 0.2) is 5.76 Å². The molecule has 5 nitrogen and oxygen atoms in total. The molecule has 0 atom stereocenters. The Morgan fingerprint density at radius 1 is 1.15 bits per heavy atom. The zero-order chi connectivity index (χ0) is 18.5. The number of halogens is 1.